The molecule has 0 fully saturated rings. The molecule has 0 unspecified atom stereocenters. The van der Waals surface area contributed by atoms with Gasteiger partial charge in [-0.15, -0.1) is 0 Å². The van der Waals surface area contributed by atoms with E-state index in [2.05, 4.69) is 6.58 Å². The normalized spacial score (nSPS) is 9.64. The van der Waals surface area contributed by atoms with E-state index in [1.165, 1.54) is 5.56 Å². The van der Waals surface area contributed by atoms with Crippen molar-refractivity contribution in [3.05, 3.63) is 35.9 Å². The molecule has 0 atom stereocenters. The first-order valence-electron chi connectivity index (χ1n) is 3.64. The average Bonchev–Trinajstić information content (AvgIpc) is 1.85. The number of hydrogen-bond acceptors (Lipinski definition) is 1. The molecule has 0 radical (unpaired) electrons. The minimum atomic E-state index is 0.817. The topological polar surface area (TPSA) is 26.0 Å². The summed E-state index contributed by atoms with van der Waals surface area (Å²) in [5.74, 6) is 0. The van der Waals surface area contributed by atoms with E-state index >= 15 is 0 Å². The highest BCUT2D eigenvalue weighted by Gasteiger charge is 2.01. The van der Waals surface area contributed by atoms with Gasteiger partial charge in [-0.2, -0.15) is 0 Å². The van der Waals surface area contributed by atoms with Crippen LogP contribution < -0.4 is 5.73 Å². The van der Waals surface area contributed by atoms with Gasteiger partial charge in [0, 0.05) is 11.3 Å². The van der Waals surface area contributed by atoms with Crippen LogP contribution in [-0.4, -0.2) is 0 Å². The number of allylic oxidation sites excluding steroid dienone is 1. The third-order valence-corrected chi connectivity index (χ3v) is 1.73. The summed E-state index contributed by atoms with van der Waals surface area (Å²) in [5, 5.41) is 0. The maximum absolute atomic E-state index is 5.76. The first kappa shape index (κ1) is 7.86. The van der Waals surface area contributed by atoms with Crippen molar-refractivity contribution in [2.75, 3.05) is 5.73 Å². The van der Waals surface area contributed by atoms with Crippen molar-refractivity contribution < 1.29 is 0 Å². The molecule has 0 aliphatic heterocycles. The molecular formula is C10H13N. The van der Waals surface area contributed by atoms with Gasteiger partial charge in [-0.05, 0) is 31.1 Å². The molecule has 1 nitrogen and oxygen atoms in total. The number of nitrogen functional groups attached to an aromatic ring is 1. The number of benzene rings is 1. The van der Waals surface area contributed by atoms with Crippen molar-refractivity contribution in [1.82, 2.24) is 0 Å². The lowest BCUT2D eigenvalue weighted by Crippen LogP contribution is -1.93. The van der Waals surface area contributed by atoms with Gasteiger partial charge in [-0.3, -0.25) is 0 Å². The Labute approximate surface area is 67.5 Å². The molecular weight excluding hydrogens is 134 g/mol. The predicted molar refractivity (Wildman–Crippen MR) is 50.3 cm³/mol. The molecule has 11 heavy (non-hydrogen) atoms. The lowest BCUT2D eigenvalue weighted by atomic mass is 10.0. The van der Waals surface area contributed by atoms with Gasteiger partial charge in [0.2, 0.25) is 0 Å². The molecule has 1 aromatic rings. The van der Waals surface area contributed by atoms with Crippen molar-refractivity contribution in [1.29, 1.82) is 0 Å². The third kappa shape index (κ3) is 1.43. The lowest BCUT2D eigenvalue weighted by molar-refractivity contribution is 1.41. The fourth-order valence-electron chi connectivity index (χ4n) is 1.27. The van der Waals surface area contributed by atoms with Crippen LogP contribution in [0.25, 0.3) is 5.57 Å². The minimum Gasteiger partial charge on any atom is -0.398 e. The van der Waals surface area contributed by atoms with E-state index in [-0.39, 0.29) is 0 Å². The maximum Gasteiger partial charge on any atom is 0.0392 e. The van der Waals surface area contributed by atoms with E-state index in [9.17, 15) is 0 Å². The zero-order chi connectivity index (χ0) is 8.43. The van der Waals surface area contributed by atoms with Gasteiger partial charge < -0.3 is 5.73 Å². The first-order chi connectivity index (χ1) is 5.13. The van der Waals surface area contributed by atoms with E-state index in [1.54, 1.807) is 0 Å². The van der Waals surface area contributed by atoms with Gasteiger partial charge in [-0.1, -0.05) is 18.7 Å². The van der Waals surface area contributed by atoms with Crippen LogP contribution in [-0.2, 0) is 0 Å². The Hall–Kier alpha value is -1.24. The third-order valence-electron chi connectivity index (χ3n) is 1.73. The lowest BCUT2D eigenvalue weighted by Gasteiger charge is -2.07. The Bertz CT molecular complexity index is 267. The zero-order valence-electron chi connectivity index (χ0n) is 7.02. The molecule has 0 heterocycles. The van der Waals surface area contributed by atoms with Gasteiger partial charge in [-0.25, -0.2) is 0 Å². The second-order valence-electron chi connectivity index (χ2n) is 2.82. The average molecular weight is 147 g/mol. The maximum atomic E-state index is 5.76. The van der Waals surface area contributed by atoms with Gasteiger partial charge in [0.15, 0.2) is 0 Å². The summed E-state index contributed by atoms with van der Waals surface area (Å²) >= 11 is 0. The SMILES string of the molecule is C=C(C)c1c(C)cccc1N. The molecule has 1 heteroatoms. The quantitative estimate of drug-likeness (QED) is 0.607. The van der Waals surface area contributed by atoms with Crippen molar-refractivity contribution in [2.45, 2.75) is 13.8 Å². The molecule has 0 saturated heterocycles. The Morgan fingerprint density at radius 1 is 1.45 bits per heavy atom. The number of hydrogen-bond donors (Lipinski definition) is 1. The largest absolute Gasteiger partial charge is 0.398 e. The van der Waals surface area contributed by atoms with Gasteiger partial charge in [0.05, 0.1) is 0 Å². The predicted octanol–water partition coefficient (Wildman–Crippen LogP) is 2.61. The van der Waals surface area contributed by atoms with Crippen molar-refractivity contribution in [2.24, 2.45) is 0 Å². The summed E-state index contributed by atoms with van der Waals surface area (Å²) in [6.45, 7) is 7.88. The summed E-state index contributed by atoms with van der Waals surface area (Å²) in [6.07, 6.45) is 0. The van der Waals surface area contributed by atoms with E-state index in [0.717, 1.165) is 16.8 Å². The van der Waals surface area contributed by atoms with Crippen LogP contribution in [0.3, 0.4) is 0 Å². The molecule has 0 aromatic heterocycles. The first-order valence-corrected chi connectivity index (χ1v) is 3.64. The monoisotopic (exact) mass is 147 g/mol. The highest BCUT2D eigenvalue weighted by Crippen LogP contribution is 2.22. The van der Waals surface area contributed by atoms with Gasteiger partial charge in [0.25, 0.3) is 0 Å². The van der Waals surface area contributed by atoms with Crippen LogP contribution in [0.2, 0.25) is 0 Å². The van der Waals surface area contributed by atoms with E-state index < -0.39 is 0 Å². The summed E-state index contributed by atoms with van der Waals surface area (Å²) < 4.78 is 0. The van der Waals surface area contributed by atoms with Crippen LogP contribution in [0, 0.1) is 6.92 Å². The summed E-state index contributed by atoms with van der Waals surface area (Å²) in [5.41, 5.74) is 9.89. The molecule has 0 bridgehead atoms. The Kier molecular flexibility index (Phi) is 1.99. The second kappa shape index (κ2) is 2.79. The highest BCUT2D eigenvalue weighted by molar-refractivity contribution is 5.74. The van der Waals surface area contributed by atoms with E-state index in [4.69, 9.17) is 5.73 Å². The number of anilines is 1. The summed E-state index contributed by atoms with van der Waals surface area (Å²) in [4.78, 5) is 0. The standard InChI is InChI=1S/C10H13N/c1-7(2)10-8(3)5-4-6-9(10)11/h4-6H,1,11H2,2-3H3. The molecule has 2 N–H and O–H groups in total. The van der Waals surface area contributed by atoms with Crippen LogP contribution in [0.15, 0.2) is 24.8 Å². The second-order valence-corrected chi connectivity index (χ2v) is 2.82. The summed E-state index contributed by atoms with van der Waals surface area (Å²) in [6, 6.07) is 5.90. The van der Waals surface area contributed by atoms with Crippen LogP contribution in [0.4, 0.5) is 5.69 Å². The Morgan fingerprint density at radius 3 is 2.45 bits per heavy atom. The van der Waals surface area contributed by atoms with Gasteiger partial charge in [0.1, 0.15) is 0 Å². The van der Waals surface area contributed by atoms with E-state index in [0.29, 0.717) is 0 Å². The van der Waals surface area contributed by atoms with E-state index in [1.807, 2.05) is 32.0 Å². The zero-order valence-corrected chi connectivity index (χ0v) is 7.02. The summed E-state index contributed by atoms with van der Waals surface area (Å²) in [7, 11) is 0. The molecule has 0 saturated carbocycles. The molecule has 1 rings (SSSR count). The molecule has 0 aliphatic rings. The molecule has 0 spiro atoms. The fraction of sp³-hybridized carbons (Fsp3) is 0.200. The van der Waals surface area contributed by atoms with Gasteiger partial charge >= 0.3 is 0 Å². The highest BCUT2D eigenvalue weighted by atomic mass is 14.6. The minimum absolute atomic E-state index is 0.817. The Balaban J connectivity index is 3.32. The number of rotatable bonds is 1. The molecule has 0 amide bonds. The Morgan fingerprint density at radius 2 is 2.09 bits per heavy atom. The van der Waals surface area contributed by atoms with Crippen molar-refractivity contribution in [3.63, 3.8) is 0 Å². The van der Waals surface area contributed by atoms with Crippen LogP contribution in [0.1, 0.15) is 18.1 Å². The smallest absolute Gasteiger partial charge is 0.0392 e. The number of nitrogens with two attached hydrogens (primary N) is 1. The molecule has 0 aliphatic carbocycles. The molecule has 1 aromatic carbocycles. The fourth-order valence-corrected chi connectivity index (χ4v) is 1.27. The van der Waals surface area contributed by atoms with Crippen molar-refractivity contribution in [3.8, 4) is 0 Å². The van der Waals surface area contributed by atoms with Crippen LogP contribution >= 0.6 is 0 Å². The number of aryl methyl sites for hydroxylation is 1. The van der Waals surface area contributed by atoms with Crippen molar-refractivity contribution >= 4 is 11.3 Å². The van der Waals surface area contributed by atoms with Crippen LogP contribution in [0.5, 0.6) is 0 Å². The molecule has 58 valence electrons.